The zero-order valence-corrected chi connectivity index (χ0v) is 13.2. The Morgan fingerprint density at radius 3 is 2.57 bits per heavy atom. The van der Waals surface area contributed by atoms with E-state index < -0.39 is 0 Å². The Balaban J connectivity index is 2.32. The van der Waals surface area contributed by atoms with Crippen molar-refractivity contribution in [2.45, 2.75) is 0 Å². The molecule has 2 rings (SSSR count). The van der Waals surface area contributed by atoms with Crippen molar-refractivity contribution < 1.29 is 14.3 Å². The van der Waals surface area contributed by atoms with Gasteiger partial charge in [0.05, 0.1) is 25.5 Å². The highest BCUT2D eigenvalue weighted by Gasteiger charge is 2.17. The van der Waals surface area contributed by atoms with E-state index in [0.29, 0.717) is 32.9 Å². The number of rotatable bonds is 4. The quantitative estimate of drug-likeness (QED) is 0.829. The van der Waals surface area contributed by atoms with Gasteiger partial charge in [0.25, 0.3) is 5.91 Å². The normalized spacial score (nSPS) is 10.0. The molecule has 0 bridgehead atoms. The summed E-state index contributed by atoms with van der Waals surface area (Å²) in [7, 11) is 3.02. The number of nitrogens with one attached hydrogen (secondary N) is 1. The van der Waals surface area contributed by atoms with Crippen LogP contribution < -0.4 is 20.5 Å². The van der Waals surface area contributed by atoms with Crippen molar-refractivity contribution in [1.29, 1.82) is 0 Å². The molecule has 2 aromatic carbocycles. The molecule has 0 saturated carbocycles. The fourth-order valence-corrected chi connectivity index (χ4v) is 2.38. The molecule has 5 nitrogen and oxygen atoms in total. The Kier molecular flexibility index (Phi) is 4.70. The predicted octanol–water partition coefficient (Wildman–Crippen LogP) is 3.30. The number of amides is 1. The van der Waals surface area contributed by atoms with Crippen LogP contribution in [0.3, 0.4) is 0 Å². The van der Waals surface area contributed by atoms with Crippen LogP contribution >= 0.6 is 15.9 Å². The number of nitrogen functional groups attached to an aromatic ring is 1. The lowest BCUT2D eigenvalue weighted by Gasteiger charge is -2.13. The number of carbonyl (C=O) groups is 1. The van der Waals surface area contributed by atoms with Gasteiger partial charge in [-0.1, -0.05) is 6.07 Å². The molecule has 0 saturated heterocycles. The molecule has 110 valence electrons. The van der Waals surface area contributed by atoms with Crippen LogP contribution in [-0.2, 0) is 0 Å². The number of benzene rings is 2. The van der Waals surface area contributed by atoms with Crippen molar-refractivity contribution >= 4 is 33.2 Å². The van der Waals surface area contributed by atoms with E-state index in [0.717, 1.165) is 0 Å². The van der Waals surface area contributed by atoms with Crippen LogP contribution in [0.5, 0.6) is 11.5 Å². The molecule has 3 N–H and O–H groups in total. The number of hydrogen-bond acceptors (Lipinski definition) is 4. The van der Waals surface area contributed by atoms with Gasteiger partial charge in [0.1, 0.15) is 0 Å². The minimum atomic E-state index is -0.295. The number of anilines is 2. The Morgan fingerprint density at radius 1 is 1.19 bits per heavy atom. The molecule has 0 fully saturated rings. The van der Waals surface area contributed by atoms with E-state index in [9.17, 15) is 4.79 Å². The fourth-order valence-electron chi connectivity index (χ4n) is 1.89. The number of para-hydroxylation sites is 1. The summed E-state index contributed by atoms with van der Waals surface area (Å²) in [5.74, 6) is 0.599. The van der Waals surface area contributed by atoms with Crippen molar-refractivity contribution in [3.05, 3.63) is 46.4 Å². The lowest BCUT2D eigenvalue weighted by Crippen LogP contribution is -2.14. The second kappa shape index (κ2) is 6.49. The second-order valence-electron chi connectivity index (χ2n) is 4.23. The number of hydrogen-bond donors (Lipinski definition) is 2. The first kappa shape index (κ1) is 15.2. The van der Waals surface area contributed by atoms with Gasteiger partial charge in [-0.2, -0.15) is 0 Å². The molecule has 2 aromatic rings. The molecule has 1 amide bonds. The average Bonchev–Trinajstić information content (AvgIpc) is 2.49. The molecule has 21 heavy (non-hydrogen) atoms. The standard InChI is InChI=1S/C15H15BrN2O3/c1-20-13-5-3-4-10(14(13)21-2)15(19)18-12-7-6-9(17)8-11(12)16/h3-8H,17H2,1-2H3,(H,18,19). The molecular weight excluding hydrogens is 336 g/mol. The first-order valence-corrected chi connectivity index (χ1v) is 6.93. The highest BCUT2D eigenvalue weighted by atomic mass is 79.9. The SMILES string of the molecule is COc1cccc(C(=O)Nc2ccc(N)cc2Br)c1OC. The molecule has 0 spiro atoms. The van der Waals surface area contributed by atoms with Crippen LogP contribution in [-0.4, -0.2) is 20.1 Å². The summed E-state index contributed by atoms with van der Waals surface area (Å²) in [6.07, 6.45) is 0. The minimum absolute atomic E-state index is 0.295. The third kappa shape index (κ3) is 3.28. The largest absolute Gasteiger partial charge is 0.493 e. The van der Waals surface area contributed by atoms with Crippen molar-refractivity contribution in [3.8, 4) is 11.5 Å². The summed E-state index contributed by atoms with van der Waals surface area (Å²) in [5.41, 5.74) is 7.30. The van der Waals surface area contributed by atoms with Gasteiger partial charge in [-0.15, -0.1) is 0 Å². The third-order valence-electron chi connectivity index (χ3n) is 2.89. The molecule has 0 aromatic heterocycles. The van der Waals surface area contributed by atoms with Crippen LogP contribution in [0.1, 0.15) is 10.4 Å². The van der Waals surface area contributed by atoms with Crippen LogP contribution in [0.2, 0.25) is 0 Å². The predicted molar refractivity (Wildman–Crippen MR) is 86.1 cm³/mol. The second-order valence-corrected chi connectivity index (χ2v) is 5.09. The van der Waals surface area contributed by atoms with Gasteiger partial charge >= 0.3 is 0 Å². The van der Waals surface area contributed by atoms with E-state index in [-0.39, 0.29) is 5.91 Å². The van der Waals surface area contributed by atoms with Gasteiger partial charge in [0.15, 0.2) is 11.5 Å². The highest BCUT2D eigenvalue weighted by Crippen LogP contribution is 2.32. The lowest BCUT2D eigenvalue weighted by atomic mass is 10.1. The van der Waals surface area contributed by atoms with Crippen LogP contribution in [0.15, 0.2) is 40.9 Å². The van der Waals surface area contributed by atoms with Crippen LogP contribution in [0.25, 0.3) is 0 Å². The molecule has 0 aliphatic carbocycles. The van der Waals surface area contributed by atoms with Crippen molar-refractivity contribution in [3.63, 3.8) is 0 Å². The summed E-state index contributed by atoms with van der Waals surface area (Å²) in [4.78, 5) is 12.4. The number of methoxy groups -OCH3 is 2. The van der Waals surface area contributed by atoms with Crippen LogP contribution in [0.4, 0.5) is 11.4 Å². The number of halogens is 1. The maximum absolute atomic E-state index is 12.4. The molecular formula is C15H15BrN2O3. The van der Waals surface area contributed by atoms with E-state index in [1.54, 1.807) is 36.4 Å². The summed E-state index contributed by atoms with van der Waals surface area (Å²) in [6.45, 7) is 0. The molecule has 0 aliphatic heterocycles. The van der Waals surface area contributed by atoms with Gasteiger partial charge in [-0.25, -0.2) is 0 Å². The van der Waals surface area contributed by atoms with Gasteiger partial charge in [0, 0.05) is 10.2 Å². The van der Waals surface area contributed by atoms with Gasteiger partial charge in [0.2, 0.25) is 0 Å². The Labute approximate surface area is 131 Å². The zero-order chi connectivity index (χ0) is 15.4. The zero-order valence-electron chi connectivity index (χ0n) is 11.6. The van der Waals surface area contributed by atoms with E-state index in [1.807, 2.05) is 0 Å². The molecule has 0 atom stereocenters. The highest BCUT2D eigenvalue weighted by molar-refractivity contribution is 9.10. The van der Waals surface area contributed by atoms with Crippen molar-refractivity contribution in [2.75, 3.05) is 25.3 Å². The topological polar surface area (TPSA) is 73.6 Å². The number of ether oxygens (including phenoxy) is 2. The van der Waals surface area contributed by atoms with E-state index in [2.05, 4.69) is 21.2 Å². The van der Waals surface area contributed by atoms with Gasteiger partial charge in [-0.05, 0) is 46.3 Å². The Morgan fingerprint density at radius 2 is 1.95 bits per heavy atom. The first-order valence-electron chi connectivity index (χ1n) is 6.14. The first-order chi connectivity index (χ1) is 10.1. The molecule has 0 aliphatic rings. The summed E-state index contributed by atoms with van der Waals surface area (Å²) >= 11 is 3.36. The van der Waals surface area contributed by atoms with E-state index in [4.69, 9.17) is 15.2 Å². The van der Waals surface area contributed by atoms with E-state index in [1.165, 1.54) is 14.2 Å². The van der Waals surface area contributed by atoms with Gasteiger partial charge < -0.3 is 20.5 Å². The lowest BCUT2D eigenvalue weighted by molar-refractivity contribution is 0.102. The summed E-state index contributed by atoms with van der Waals surface area (Å²) in [6, 6.07) is 10.3. The Bertz CT molecular complexity index is 674. The maximum atomic E-state index is 12.4. The molecule has 0 radical (unpaired) electrons. The Hall–Kier alpha value is -2.21. The van der Waals surface area contributed by atoms with E-state index >= 15 is 0 Å². The minimum Gasteiger partial charge on any atom is -0.493 e. The van der Waals surface area contributed by atoms with Crippen molar-refractivity contribution in [1.82, 2.24) is 0 Å². The average molecular weight is 351 g/mol. The summed E-state index contributed by atoms with van der Waals surface area (Å²) in [5, 5.41) is 2.80. The number of carbonyl (C=O) groups excluding carboxylic acids is 1. The monoisotopic (exact) mass is 350 g/mol. The summed E-state index contributed by atoms with van der Waals surface area (Å²) < 4.78 is 11.2. The molecule has 0 unspecified atom stereocenters. The maximum Gasteiger partial charge on any atom is 0.259 e. The number of nitrogens with two attached hydrogens (primary N) is 1. The van der Waals surface area contributed by atoms with Crippen molar-refractivity contribution in [2.24, 2.45) is 0 Å². The smallest absolute Gasteiger partial charge is 0.259 e. The van der Waals surface area contributed by atoms with Crippen LogP contribution in [0, 0.1) is 0 Å². The third-order valence-corrected chi connectivity index (χ3v) is 3.55. The van der Waals surface area contributed by atoms with Gasteiger partial charge in [-0.3, -0.25) is 4.79 Å². The molecule has 6 heteroatoms. The molecule has 0 heterocycles. The fraction of sp³-hybridized carbons (Fsp3) is 0.133.